The molecule has 5 rings (SSSR count). The van der Waals surface area contributed by atoms with Gasteiger partial charge in [0.2, 0.25) is 0 Å². The van der Waals surface area contributed by atoms with Crippen LogP contribution in [0.3, 0.4) is 0 Å². The van der Waals surface area contributed by atoms with Crippen molar-refractivity contribution >= 4 is 16.3 Å². The third kappa shape index (κ3) is 2.37. The Hall–Kier alpha value is -3.46. The fourth-order valence-electron chi connectivity index (χ4n) is 3.42. The molecule has 0 radical (unpaired) electrons. The predicted molar refractivity (Wildman–Crippen MR) is 104 cm³/mol. The fraction of sp³-hybridized carbons (Fsp3) is 0. The van der Waals surface area contributed by atoms with Crippen LogP contribution in [0, 0.1) is 5.82 Å². The molecule has 3 heteroatoms. The molecule has 0 unspecified atom stereocenters. The second-order valence-electron chi connectivity index (χ2n) is 6.32. The van der Waals surface area contributed by atoms with Crippen LogP contribution in [0.1, 0.15) is 0 Å². The number of fused-ring (bicyclic) bond motifs is 3. The lowest BCUT2D eigenvalue weighted by Gasteiger charge is -2.09. The summed E-state index contributed by atoms with van der Waals surface area (Å²) in [5.41, 5.74) is 4.93. The quantitative estimate of drug-likeness (QED) is 0.388. The summed E-state index contributed by atoms with van der Waals surface area (Å²) < 4.78 is 15.8. The van der Waals surface area contributed by atoms with E-state index >= 15 is 0 Å². The Balaban J connectivity index is 1.88. The number of halogens is 1. The second-order valence-corrected chi connectivity index (χ2v) is 6.32. The molecule has 2 nitrogen and oxygen atoms in total. The van der Waals surface area contributed by atoms with Crippen molar-refractivity contribution in [3.05, 3.63) is 96.8 Å². The van der Waals surface area contributed by atoms with Gasteiger partial charge in [0.1, 0.15) is 5.82 Å². The van der Waals surface area contributed by atoms with Gasteiger partial charge in [-0.15, -0.1) is 0 Å². The van der Waals surface area contributed by atoms with Crippen LogP contribution in [0.5, 0.6) is 0 Å². The molecule has 2 heterocycles. The Kier molecular flexibility index (Phi) is 3.32. The number of pyridine rings is 1. The first-order valence-electron chi connectivity index (χ1n) is 8.52. The summed E-state index contributed by atoms with van der Waals surface area (Å²) >= 11 is 0. The zero-order chi connectivity index (χ0) is 17.5. The fourth-order valence-corrected chi connectivity index (χ4v) is 3.42. The summed E-state index contributed by atoms with van der Waals surface area (Å²) in [6.45, 7) is 0. The molecule has 5 aromatic rings. The number of aromatic nitrogens is 2. The molecule has 0 amide bonds. The maximum atomic E-state index is 13.8. The number of benzene rings is 3. The van der Waals surface area contributed by atoms with Crippen LogP contribution in [0.2, 0.25) is 0 Å². The van der Waals surface area contributed by atoms with E-state index in [-0.39, 0.29) is 5.82 Å². The molecule has 0 spiro atoms. The van der Waals surface area contributed by atoms with Crippen molar-refractivity contribution in [2.45, 2.75) is 0 Å². The van der Waals surface area contributed by atoms with Gasteiger partial charge >= 0.3 is 0 Å². The van der Waals surface area contributed by atoms with Crippen LogP contribution >= 0.6 is 0 Å². The van der Waals surface area contributed by atoms with Gasteiger partial charge in [0.05, 0.1) is 16.9 Å². The third-order valence-corrected chi connectivity index (χ3v) is 4.66. The molecule has 0 N–H and O–H groups in total. The second kappa shape index (κ2) is 5.81. The van der Waals surface area contributed by atoms with Crippen molar-refractivity contribution in [2.24, 2.45) is 0 Å². The Morgan fingerprint density at radius 3 is 2.12 bits per heavy atom. The van der Waals surface area contributed by atoms with E-state index in [1.165, 1.54) is 6.07 Å². The molecule has 3 aromatic carbocycles. The Labute approximate surface area is 150 Å². The summed E-state index contributed by atoms with van der Waals surface area (Å²) in [5, 5.41) is 6.71. The molecular formula is C23H15FN2. The number of hydrogen-bond donors (Lipinski definition) is 0. The van der Waals surface area contributed by atoms with Gasteiger partial charge in [0.15, 0.2) is 0 Å². The van der Waals surface area contributed by atoms with E-state index in [2.05, 4.69) is 6.07 Å². The molecule has 0 atom stereocenters. The molecule has 0 bridgehead atoms. The van der Waals surface area contributed by atoms with Crippen molar-refractivity contribution in [2.75, 3.05) is 0 Å². The van der Waals surface area contributed by atoms with Crippen LogP contribution < -0.4 is 0 Å². The van der Waals surface area contributed by atoms with Crippen molar-refractivity contribution in [3.8, 4) is 22.5 Å². The molecule has 2 aromatic heterocycles. The van der Waals surface area contributed by atoms with Crippen LogP contribution in [0.25, 0.3) is 38.8 Å². The zero-order valence-electron chi connectivity index (χ0n) is 13.9. The molecule has 26 heavy (non-hydrogen) atoms. The maximum absolute atomic E-state index is 13.8. The minimum atomic E-state index is -0.233. The van der Waals surface area contributed by atoms with E-state index in [0.29, 0.717) is 0 Å². The minimum absolute atomic E-state index is 0.233. The van der Waals surface area contributed by atoms with E-state index in [4.69, 9.17) is 5.10 Å². The molecule has 0 aliphatic carbocycles. The lowest BCUT2D eigenvalue weighted by Crippen LogP contribution is -1.95. The topological polar surface area (TPSA) is 17.3 Å². The first-order valence-corrected chi connectivity index (χ1v) is 8.52. The SMILES string of the molecule is Fc1ccc2c(c1)cc(-c1ccccc1)n1nc(-c3ccccc3)cc21. The largest absolute Gasteiger partial charge is 0.232 e. The van der Waals surface area contributed by atoms with E-state index in [0.717, 1.165) is 38.8 Å². The summed E-state index contributed by atoms with van der Waals surface area (Å²) in [4.78, 5) is 0. The molecule has 0 fully saturated rings. The highest BCUT2D eigenvalue weighted by Crippen LogP contribution is 2.31. The van der Waals surface area contributed by atoms with Crippen LogP contribution in [0.15, 0.2) is 91.0 Å². The summed E-state index contributed by atoms with van der Waals surface area (Å²) in [7, 11) is 0. The Morgan fingerprint density at radius 1 is 0.692 bits per heavy atom. The highest BCUT2D eigenvalue weighted by atomic mass is 19.1. The molecule has 0 saturated carbocycles. The van der Waals surface area contributed by atoms with E-state index in [9.17, 15) is 4.39 Å². The summed E-state index contributed by atoms with van der Waals surface area (Å²) in [5.74, 6) is -0.233. The van der Waals surface area contributed by atoms with Crippen molar-refractivity contribution in [1.82, 2.24) is 9.61 Å². The van der Waals surface area contributed by atoms with Crippen LogP contribution in [-0.2, 0) is 0 Å². The standard InChI is InChI=1S/C23H15FN2/c24-19-11-12-20-18(13-19)14-22(17-9-5-2-6-10-17)26-23(20)15-21(25-26)16-7-3-1-4-8-16/h1-15H. The minimum Gasteiger partial charge on any atom is -0.232 e. The van der Waals surface area contributed by atoms with Crippen LogP contribution in [-0.4, -0.2) is 9.61 Å². The smallest absolute Gasteiger partial charge is 0.123 e. The maximum Gasteiger partial charge on any atom is 0.123 e. The molecule has 0 aliphatic heterocycles. The number of hydrogen-bond acceptors (Lipinski definition) is 1. The van der Waals surface area contributed by atoms with E-state index < -0.39 is 0 Å². The molecule has 0 aliphatic rings. The van der Waals surface area contributed by atoms with E-state index in [1.807, 2.05) is 77.3 Å². The molecule has 0 saturated heterocycles. The highest BCUT2D eigenvalue weighted by Gasteiger charge is 2.13. The van der Waals surface area contributed by atoms with Gasteiger partial charge in [-0.1, -0.05) is 60.7 Å². The summed E-state index contributed by atoms with van der Waals surface area (Å²) in [6.07, 6.45) is 0. The van der Waals surface area contributed by atoms with E-state index in [1.54, 1.807) is 6.07 Å². The Morgan fingerprint density at radius 2 is 1.38 bits per heavy atom. The van der Waals surface area contributed by atoms with Crippen LogP contribution in [0.4, 0.5) is 4.39 Å². The lowest BCUT2D eigenvalue weighted by atomic mass is 10.1. The van der Waals surface area contributed by atoms with Gasteiger partial charge in [-0.2, -0.15) is 5.10 Å². The van der Waals surface area contributed by atoms with Gasteiger partial charge in [-0.05, 0) is 35.7 Å². The molecule has 124 valence electrons. The van der Waals surface area contributed by atoms with Gasteiger partial charge in [0, 0.05) is 16.5 Å². The average molecular weight is 338 g/mol. The number of rotatable bonds is 2. The van der Waals surface area contributed by atoms with Crippen molar-refractivity contribution in [1.29, 1.82) is 0 Å². The summed E-state index contributed by atoms with van der Waals surface area (Å²) in [6, 6.07) is 29.2. The first-order chi connectivity index (χ1) is 12.8. The van der Waals surface area contributed by atoms with Gasteiger partial charge in [-0.3, -0.25) is 0 Å². The lowest BCUT2D eigenvalue weighted by molar-refractivity contribution is 0.630. The van der Waals surface area contributed by atoms with Crippen molar-refractivity contribution in [3.63, 3.8) is 0 Å². The zero-order valence-corrected chi connectivity index (χ0v) is 13.9. The van der Waals surface area contributed by atoms with Gasteiger partial charge in [-0.25, -0.2) is 8.91 Å². The Bertz CT molecular complexity index is 1230. The van der Waals surface area contributed by atoms with Gasteiger partial charge < -0.3 is 0 Å². The third-order valence-electron chi connectivity index (χ3n) is 4.66. The highest BCUT2D eigenvalue weighted by molar-refractivity contribution is 5.99. The number of nitrogens with zero attached hydrogens (tertiary/aromatic N) is 2. The van der Waals surface area contributed by atoms with Gasteiger partial charge in [0.25, 0.3) is 0 Å². The van der Waals surface area contributed by atoms with Crippen molar-refractivity contribution < 1.29 is 4.39 Å². The normalized spacial score (nSPS) is 11.3. The first kappa shape index (κ1) is 14.8. The average Bonchev–Trinajstić information content (AvgIpc) is 3.14. The predicted octanol–water partition coefficient (Wildman–Crippen LogP) is 5.96. The monoisotopic (exact) mass is 338 g/mol. The molecular weight excluding hydrogens is 323 g/mol.